The summed E-state index contributed by atoms with van der Waals surface area (Å²) in [4.78, 5) is 16.0. The van der Waals surface area contributed by atoms with Crippen molar-refractivity contribution >= 4 is 17.6 Å². The Labute approximate surface area is 149 Å². The predicted octanol–water partition coefficient (Wildman–Crippen LogP) is 4.10. The lowest BCUT2D eigenvalue weighted by Crippen LogP contribution is -2.08. The first kappa shape index (κ1) is 17.2. The van der Waals surface area contributed by atoms with E-state index in [-0.39, 0.29) is 18.2 Å². The summed E-state index contributed by atoms with van der Waals surface area (Å²) in [7, 11) is 1.35. The molecule has 0 spiro atoms. The van der Waals surface area contributed by atoms with Crippen LogP contribution < -0.4 is 0 Å². The Morgan fingerprint density at radius 1 is 1.28 bits per heavy atom. The number of nitrogens with zero attached hydrogens (tertiary/aromatic N) is 2. The number of esters is 1. The molecule has 0 unspecified atom stereocenters. The van der Waals surface area contributed by atoms with E-state index in [1.807, 2.05) is 16.8 Å². The zero-order chi connectivity index (χ0) is 17.8. The van der Waals surface area contributed by atoms with E-state index in [4.69, 9.17) is 16.3 Å². The summed E-state index contributed by atoms with van der Waals surface area (Å²) in [5, 5.41) is 0.377. The summed E-state index contributed by atoms with van der Waals surface area (Å²) < 4.78 is 20.7. The number of carbonyl (C=O) groups is 1. The zero-order valence-corrected chi connectivity index (χ0v) is 14.3. The normalized spacial score (nSPS) is 10.7. The first-order chi connectivity index (χ1) is 12.1. The van der Waals surface area contributed by atoms with Crippen molar-refractivity contribution in [3.05, 3.63) is 88.2 Å². The first-order valence-corrected chi connectivity index (χ1v) is 8.06. The van der Waals surface area contributed by atoms with E-state index in [0.717, 1.165) is 5.56 Å². The molecule has 0 aliphatic carbocycles. The molecule has 0 fully saturated rings. The highest BCUT2D eigenvalue weighted by Crippen LogP contribution is 2.22. The molecule has 2 aromatic carbocycles. The number of aromatic nitrogens is 2. The van der Waals surface area contributed by atoms with Crippen LogP contribution in [-0.2, 0) is 17.7 Å². The quantitative estimate of drug-likeness (QED) is 0.645. The van der Waals surface area contributed by atoms with Gasteiger partial charge >= 0.3 is 5.97 Å². The van der Waals surface area contributed by atoms with Gasteiger partial charge in [-0.1, -0.05) is 29.8 Å². The van der Waals surface area contributed by atoms with Crippen LogP contribution in [0.1, 0.15) is 27.3 Å². The van der Waals surface area contributed by atoms with Crippen LogP contribution in [0.5, 0.6) is 0 Å². The van der Waals surface area contributed by atoms with Gasteiger partial charge in [0.25, 0.3) is 0 Å². The molecule has 0 amide bonds. The number of hydrogen-bond acceptors (Lipinski definition) is 3. The van der Waals surface area contributed by atoms with E-state index in [0.29, 0.717) is 28.5 Å². The smallest absolute Gasteiger partial charge is 0.337 e. The van der Waals surface area contributed by atoms with Gasteiger partial charge in [-0.2, -0.15) is 0 Å². The standard InChI is InChI=1S/C19H16ClFN2O2/c1-25-19(24)14-5-2-4-13(10-14)12-23-9-8-22-18(23)11-15-16(20)6-3-7-17(15)21/h2-10H,11-12H2,1H3. The zero-order valence-electron chi connectivity index (χ0n) is 13.6. The van der Waals surface area contributed by atoms with Crippen LogP contribution >= 0.6 is 11.6 Å². The monoisotopic (exact) mass is 358 g/mol. The minimum Gasteiger partial charge on any atom is -0.465 e. The van der Waals surface area contributed by atoms with Crippen LogP contribution in [0.2, 0.25) is 5.02 Å². The topological polar surface area (TPSA) is 44.1 Å². The van der Waals surface area contributed by atoms with Crippen LogP contribution in [0.3, 0.4) is 0 Å². The van der Waals surface area contributed by atoms with Crippen molar-refractivity contribution in [2.24, 2.45) is 0 Å². The average Bonchev–Trinajstić information content (AvgIpc) is 3.04. The molecule has 0 bridgehead atoms. The van der Waals surface area contributed by atoms with Gasteiger partial charge in [-0.15, -0.1) is 0 Å². The van der Waals surface area contributed by atoms with Crippen LogP contribution in [0, 0.1) is 5.82 Å². The molecule has 0 radical (unpaired) electrons. The van der Waals surface area contributed by atoms with E-state index in [2.05, 4.69) is 4.98 Å². The number of ether oxygens (including phenoxy) is 1. The van der Waals surface area contributed by atoms with Crippen molar-refractivity contribution in [3.63, 3.8) is 0 Å². The Morgan fingerprint density at radius 2 is 2.08 bits per heavy atom. The Morgan fingerprint density at radius 3 is 2.84 bits per heavy atom. The molecule has 128 valence electrons. The Bertz CT molecular complexity index is 888. The second-order valence-electron chi connectivity index (χ2n) is 5.54. The number of hydrogen-bond donors (Lipinski definition) is 0. The third kappa shape index (κ3) is 3.88. The number of carbonyl (C=O) groups excluding carboxylic acids is 1. The highest BCUT2D eigenvalue weighted by molar-refractivity contribution is 6.31. The maximum Gasteiger partial charge on any atom is 0.337 e. The molecule has 0 aliphatic rings. The number of benzene rings is 2. The third-order valence-electron chi connectivity index (χ3n) is 3.90. The molecule has 4 nitrogen and oxygen atoms in total. The average molecular weight is 359 g/mol. The Balaban J connectivity index is 1.84. The summed E-state index contributed by atoms with van der Waals surface area (Å²) >= 11 is 6.10. The molecule has 1 heterocycles. The highest BCUT2D eigenvalue weighted by Gasteiger charge is 2.12. The molecular weight excluding hydrogens is 343 g/mol. The molecule has 25 heavy (non-hydrogen) atoms. The van der Waals surface area contributed by atoms with Gasteiger partial charge in [0.2, 0.25) is 0 Å². The van der Waals surface area contributed by atoms with Gasteiger partial charge in [0.1, 0.15) is 11.6 Å². The van der Waals surface area contributed by atoms with Gasteiger partial charge in [-0.05, 0) is 29.8 Å². The number of methoxy groups -OCH3 is 1. The van der Waals surface area contributed by atoms with Gasteiger partial charge in [0, 0.05) is 35.9 Å². The Hall–Kier alpha value is -2.66. The van der Waals surface area contributed by atoms with Crippen molar-refractivity contribution < 1.29 is 13.9 Å². The number of halogens is 2. The summed E-state index contributed by atoms with van der Waals surface area (Å²) in [6.45, 7) is 0.506. The molecule has 3 rings (SSSR count). The fraction of sp³-hybridized carbons (Fsp3) is 0.158. The molecule has 6 heteroatoms. The highest BCUT2D eigenvalue weighted by atomic mass is 35.5. The minimum absolute atomic E-state index is 0.287. The van der Waals surface area contributed by atoms with Gasteiger partial charge in [-0.25, -0.2) is 14.2 Å². The lowest BCUT2D eigenvalue weighted by Gasteiger charge is -2.10. The second-order valence-corrected chi connectivity index (χ2v) is 5.95. The lowest BCUT2D eigenvalue weighted by atomic mass is 10.1. The van der Waals surface area contributed by atoms with Crippen molar-refractivity contribution in [2.45, 2.75) is 13.0 Å². The van der Waals surface area contributed by atoms with E-state index >= 15 is 0 Å². The van der Waals surface area contributed by atoms with Gasteiger partial charge in [-0.3, -0.25) is 0 Å². The van der Waals surface area contributed by atoms with Crippen LogP contribution in [-0.4, -0.2) is 22.6 Å². The fourth-order valence-corrected chi connectivity index (χ4v) is 2.85. The molecule has 0 atom stereocenters. The number of rotatable bonds is 5. The van der Waals surface area contributed by atoms with E-state index in [1.54, 1.807) is 36.5 Å². The summed E-state index contributed by atoms with van der Waals surface area (Å²) in [6, 6.07) is 11.8. The maximum atomic E-state index is 14.0. The second kappa shape index (κ2) is 7.49. The summed E-state index contributed by atoms with van der Waals surface area (Å²) in [6.07, 6.45) is 3.76. The largest absolute Gasteiger partial charge is 0.465 e. The maximum absolute atomic E-state index is 14.0. The van der Waals surface area contributed by atoms with Gasteiger partial charge in [0.15, 0.2) is 0 Å². The van der Waals surface area contributed by atoms with Crippen LogP contribution in [0.4, 0.5) is 4.39 Å². The molecule has 3 aromatic rings. The van der Waals surface area contributed by atoms with E-state index in [9.17, 15) is 9.18 Å². The molecular formula is C19H16ClFN2O2. The van der Waals surface area contributed by atoms with E-state index in [1.165, 1.54) is 13.2 Å². The molecule has 0 saturated carbocycles. The molecule has 1 aromatic heterocycles. The summed E-state index contributed by atoms with van der Waals surface area (Å²) in [5.74, 6) is -0.0453. The van der Waals surface area contributed by atoms with Gasteiger partial charge in [0.05, 0.1) is 12.7 Å². The van der Waals surface area contributed by atoms with E-state index < -0.39 is 0 Å². The van der Waals surface area contributed by atoms with Crippen molar-refractivity contribution in [1.82, 2.24) is 9.55 Å². The Kier molecular flexibility index (Phi) is 5.14. The SMILES string of the molecule is COC(=O)c1cccc(Cn2ccnc2Cc2c(F)cccc2Cl)c1. The van der Waals surface area contributed by atoms with Crippen LogP contribution in [0.25, 0.3) is 0 Å². The summed E-state index contributed by atoms with van der Waals surface area (Å²) in [5.41, 5.74) is 1.82. The first-order valence-electron chi connectivity index (χ1n) is 7.68. The minimum atomic E-state index is -0.383. The molecule has 0 N–H and O–H groups in total. The van der Waals surface area contributed by atoms with Crippen molar-refractivity contribution in [2.75, 3.05) is 7.11 Å². The predicted molar refractivity (Wildman–Crippen MR) is 93.3 cm³/mol. The lowest BCUT2D eigenvalue weighted by molar-refractivity contribution is 0.0600. The van der Waals surface area contributed by atoms with Crippen LogP contribution in [0.15, 0.2) is 54.9 Å². The number of imidazole rings is 1. The molecule has 0 saturated heterocycles. The van der Waals surface area contributed by atoms with Gasteiger partial charge < -0.3 is 9.30 Å². The molecule has 0 aliphatic heterocycles. The fourth-order valence-electron chi connectivity index (χ4n) is 2.62. The van der Waals surface area contributed by atoms with Crippen molar-refractivity contribution in [3.8, 4) is 0 Å². The van der Waals surface area contributed by atoms with Crippen molar-refractivity contribution in [1.29, 1.82) is 0 Å². The third-order valence-corrected chi connectivity index (χ3v) is 4.25.